The first-order chi connectivity index (χ1) is 13.1. The molecule has 1 fully saturated rings. The fourth-order valence-corrected chi connectivity index (χ4v) is 3.70. The second-order valence-corrected chi connectivity index (χ2v) is 7.35. The standard InChI is InChI=1S/C21H25N5O/c1-15-8-10-17(11-9-15)13-22-20(27)18-6-4-12-25(14-18)21-24-23-19-7-3-5-16(2)26(19)21/h3,5,7-11,18H,4,6,12-14H2,1-2H3,(H,22,27)/t18-/m0/s1. The van der Waals surface area contributed by atoms with Gasteiger partial charge in [-0.3, -0.25) is 9.20 Å². The zero-order chi connectivity index (χ0) is 18.8. The van der Waals surface area contributed by atoms with Gasteiger partial charge < -0.3 is 10.2 Å². The number of aromatic nitrogens is 3. The fourth-order valence-electron chi connectivity index (χ4n) is 3.70. The molecule has 0 spiro atoms. The maximum absolute atomic E-state index is 12.7. The number of pyridine rings is 1. The number of hydrogen-bond acceptors (Lipinski definition) is 4. The second-order valence-electron chi connectivity index (χ2n) is 7.35. The summed E-state index contributed by atoms with van der Waals surface area (Å²) in [5.74, 6) is 0.922. The highest BCUT2D eigenvalue weighted by Crippen LogP contribution is 2.23. The molecule has 2 aromatic heterocycles. The summed E-state index contributed by atoms with van der Waals surface area (Å²) in [6, 6.07) is 14.3. The molecule has 1 N–H and O–H groups in total. The van der Waals surface area contributed by atoms with Crippen LogP contribution in [0.2, 0.25) is 0 Å². The quantitative estimate of drug-likeness (QED) is 0.774. The summed E-state index contributed by atoms with van der Waals surface area (Å²) >= 11 is 0. The number of carbonyl (C=O) groups excluding carboxylic acids is 1. The fraction of sp³-hybridized carbons (Fsp3) is 0.381. The van der Waals surface area contributed by atoms with Gasteiger partial charge in [-0.15, -0.1) is 10.2 Å². The predicted molar refractivity (Wildman–Crippen MR) is 106 cm³/mol. The molecule has 0 radical (unpaired) electrons. The van der Waals surface area contributed by atoms with Crippen molar-refractivity contribution in [2.24, 2.45) is 5.92 Å². The number of rotatable bonds is 4. The predicted octanol–water partition coefficient (Wildman–Crippen LogP) is 2.88. The van der Waals surface area contributed by atoms with E-state index in [1.165, 1.54) is 5.56 Å². The van der Waals surface area contributed by atoms with E-state index < -0.39 is 0 Å². The third-order valence-electron chi connectivity index (χ3n) is 5.27. The topological polar surface area (TPSA) is 62.5 Å². The third kappa shape index (κ3) is 3.65. The lowest BCUT2D eigenvalue weighted by Gasteiger charge is -2.32. The van der Waals surface area contributed by atoms with Crippen molar-refractivity contribution in [1.29, 1.82) is 0 Å². The Labute approximate surface area is 159 Å². The van der Waals surface area contributed by atoms with Crippen molar-refractivity contribution < 1.29 is 4.79 Å². The molecule has 3 aromatic rings. The summed E-state index contributed by atoms with van der Waals surface area (Å²) in [5.41, 5.74) is 4.29. The van der Waals surface area contributed by atoms with Crippen LogP contribution < -0.4 is 10.2 Å². The van der Waals surface area contributed by atoms with E-state index in [9.17, 15) is 4.79 Å². The van der Waals surface area contributed by atoms with E-state index in [2.05, 4.69) is 69.0 Å². The molecule has 140 valence electrons. The molecule has 1 aliphatic heterocycles. The third-order valence-corrected chi connectivity index (χ3v) is 5.27. The number of aryl methyl sites for hydroxylation is 2. The molecule has 0 aliphatic carbocycles. The number of piperidine rings is 1. The summed E-state index contributed by atoms with van der Waals surface area (Å²) in [4.78, 5) is 14.9. The van der Waals surface area contributed by atoms with Crippen molar-refractivity contribution in [1.82, 2.24) is 19.9 Å². The molecule has 0 saturated carbocycles. The van der Waals surface area contributed by atoms with Crippen molar-refractivity contribution in [3.63, 3.8) is 0 Å². The van der Waals surface area contributed by atoms with Gasteiger partial charge in [-0.1, -0.05) is 35.9 Å². The lowest BCUT2D eigenvalue weighted by molar-refractivity contribution is -0.125. The average molecular weight is 363 g/mol. The summed E-state index contributed by atoms with van der Waals surface area (Å²) in [5, 5.41) is 11.8. The van der Waals surface area contributed by atoms with Crippen LogP contribution in [0.25, 0.3) is 5.65 Å². The molecule has 4 rings (SSSR count). The van der Waals surface area contributed by atoms with Gasteiger partial charge in [0.15, 0.2) is 5.65 Å². The normalized spacial score (nSPS) is 17.3. The number of nitrogens with zero attached hydrogens (tertiary/aromatic N) is 4. The van der Waals surface area contributed by atoms with Gasteiger partial charge in [0.05, 0.1) is 5.92 Å². The first kappa shape index (κ1) is 17.5. The minimum absolute atomic E-state index is 0.0273. The largest absolute Gasteiger partial charge is 0.352 e. The van der Waals surface area contributed by atoms with Crippen LogP contribution in [0, 0.1) is 19.8 Å². The summed E-state index contributed by atoms with van der Waals surface area (Å²) in [6.45, 7) is 6.26. The molecule has 6 heteroatoms. The van der Waals surface area contributed by atoms with Gasteiger partial charge in [-0.25, -0.2) is 0 Å². The monoisotopic (exact) mass is 363 g/mol. The Kier molecular flexibility index (Phi) is 4.79. The highest BCUT2D eigenvalue weighted by atomic mass is 16.1. The van der Waals surface area contributed by atoms with E-state index in [-0.39, 0.29) is 11.8 Å². The number of hydrogen-bond donors (Lipinski definition) is 1. The van der Waals surface area contributed by atoms with Crippen LogP contribution in [0.3, 0.4) is 0 Å². The van der Waals surface area contributed by atoms with Crippen molar-refractivity contribution in [3.8, 4) is 0 Å². The van der Waals surface area contributed by atoms with E-state index in [4.69, 9.17) is 0 Å². The number of benzene rings is 1. The Balaban J connectivity index is 1.44. The first-order valence-corrected chi connectivity index (χ1v) is 9.51. The SMILES string of the molecule is Cc1ccc(CNC(=O)[C@H]2CCCN(c3nnc4cccc(C)n34)C2)cc1. The molecule has 1 atom stereocenters. The van der Waals surface area contributed by atoms with Crippen LogP contribution >= 0.6 is 0 Å². The van der Waals surface area contributed by atoms with Crippen LogP contribution in [0.1, 0.15) is 29.7 Å². The van der Waals surface area contributed by atoms with Crippen LogP contribution in [-0.2, 0) is 11.3 Å². The van der Waals surface area contributed by atoms with Crippen molar-refractivity contribution in [2.75, 3.05) is 18.0 Å². The van der Waals surface area contributed by atoms with Gasteiger partial charge in [0.25, 0.3) is 0 Å². The van der Waals surface area contributed by atoms with Gasteiger partial charge >= 0.3 is 0 Å². The molecule has 1 aromatic carbocycles. The Morgan fingerprint density at radius 3 is 2.78 bits per heavy atom. The molecule has 27 heavy (non-hydrogen) atoms. The zero-order valence-corrected chi connectivity index (χ0v) is 15.9. The van der Waals surface area contributed by atoms with Crippen molar-refractivity contribution >= 4 is 17.5 Å². The number of carbonyl (C=O) groups is 1. The number of fused-ring (bicyclic) bond motifs is 1. The van der Waals surface area contributed by atoms with Crippen LogP contribution in [0.4, 0.5) is 5.95 Å². The van der Waals surface area contributed by atoms with Gasteiger partial charge in [-0.05, 0) is 44.4 Å². The Hall–Kier alpha value is -2.89. The molecular formula is C21H25N5O. The number of nitrogens with one attached hydrogen (secondary N) is 1. The van der Waals surface area contributed by atoms with Crippen molar-refractivity contribution in [3.05, 3.63) is 59.3 Å². The molecule has 0 unspecified atom stereocenters. The highest BCUT2D eigenvalue weighted by Gasteiger charge is 2.28. The molecule has 6 nitrogen and oxygen atoms in total. The molecule has 0 bridgehead atoms. The van der Waals surface area contributed by atoms with Gasteiger partial charge in [-0.2, -0.15) is 0 Å². The molecule has 1 aliphatic rings. The summed E-state index contributed by atoms with van der Waals surface area (Å²) < 4.78 is 2.06. The molecule has 1 saturated heterocycles. The second kappa shape index (κ2) is 7.39. The van der Waals surface area contributed by atoms with E-state index in [1.54, 1.807) is 0 Å². The van der Waals surface area contributed by atoms with Crippen LogP contribution in [0.15, 0.2) is 42.5 Å². The Bertz CT molecular complexity index is 947. The molecule has 1 amide bonds. The lowest BCUT2D eigenvalue weighted by Crippen LogP contribution is -2.43. The van der Waals surface area contributed by atoms with Gasteiger partial charge in [0.1, 0.15) is 0 Å². The Morgan fingerprint density at radius 1 is 1.15 bits per heavy atom. The molecule has 3 heterocycles. The maximum atomic E-state index is 12.7. The summed E-state index contributed by atoms with van der Waals surface area (Å²) in [6.07, 6.45) is 1.88. The minimum atomic E-state index is -0.0273. The van der Waals surface area contributed by atoms with Crippen LogP contribution in [0.5, 0.6) is 0 Å². The maximum Gasteiger partial charge on any atom is 0.231 e. The highest BCUT2D eigenvalue weighted by molar-refractivity contribution is 5.79. The van der Waals surface area contributed by atoms with E-state index >= 15 is 0 Å². The molecular weight excluding hydrogens is 338 g/mol. The minimum Gasteiger partial charge on any atom is -0.352 e. The van der Waals surface area contributed by atoms with Crippen molar-refractivity contribution in [2.45, 2.75) is 33.2 Å². The van der Waals surface area contributed by atoms with E-state index in [0.29, 0.717) is 13.1 Å². The van der Waals surface area contributed by atoms with E-state index in [0.717, 1.165) is 42.2 Å². The first-order valence-electron chi connectivity index (χ1n) is 9.51. The van der Waals surface area contributed by atoms with E-state index in [1.807, 2.05) is 12.1 Å². The number of amides is 1. The summed E-state index contributed by atoms with van der Waals surface area (Å²) in [7, 11) is 0. The smallest absolute Gasteiger partial charge is 0.231 e. The average Bonchev–Trinajstić information content (AvgIpc) is 3.13. The van der Waals surface area contributed by atoms with Gasteiger partial charge in [0, 0.05) is 25.3 Å². The lowest BCUT2D eigenvalue weighted by atomic mass is 9.97. The zero-order valence-electron chi connectivity index (χ0n) is 15.9. The van der Waals surface area contributed by atoms with Gasteiger partial charge in [0.2, 0.25) is 11.9 Å². The number of anilines is 1. The Morgan fingerprint density at radius 2 is 1.96 bits per heavy atom. The van der Waals surface area contributed by atoms with Crippen LogP contribution in [-0.4, -0.2) is 33.6 Å².